The van der Waals surface area contributed by atoms with Gasteiger partial charge in [-0.3, -0.25) is 4.79 Å². The molecule has 0 spiro atoms. The first-order valence-corrected chi connectivity index (χ1v) is 12.4. The van der Waals surface area contributed by atoms with E-state index in [1.165, 1.54) is 0 Å². The predicted octanol–water partition coefficient (Wildman–Crippen LogP) is 2.86. The number of likely N-dealkylation sites (N-methyl/N-ethyl adjacent to an activating group) is 1. The van der Waals surface area contributed by atoms with Gasteiger partial charge in [-0.1, -0.05) is 30.0 Å². The van der Waals surface area contributed by atoms with Gasteiger partial charge in [0.1, 0.15) is 39.9 Å². The third-order valence-electron chi connectivity index (χ3n) is 5.95. The number of para-hydroxylation sites is 1. The molecule has 2 aromatic heterocycles. The van der Waals surface area contributed by atoms with E-state index in [-0.39, 0.29) is 16.9 Å². The van der Waals surface area contributed by atoms with Gasteiger partial charge in [0.2, 0.25) is 5.91 Å². The molecule has 0 radical (unpaired) electrons. The summed E-state index contributed by atoms with van der Waals surface area (Å²) in [5, 5.41) is 24.5. The molecule has 10 heteroatoms. The van der Waals surface area contributed by atoms with Crippen molar-refractivity contribution in [1.29, 1.82) is 10.5 Å². The fourth-order valence-electron chi connectivity index (χ4n) is 4.08. The highest BCUT2D eigenvalue weighted by atomic mass is 32.2. The van der Waals surface area contributed by atoms with Crippen LogP contribution in [0.15, 0.2) is 39.8 Å². The molecule has 1 aliphatic rings. The van der Waals surface area contributed by atoms with Crippen molar-refractivity contribution >= 4 is 34.5 Å². The molecule has 0 unspecified atom stereocenters. The summed E-state index contributed by atoms with van der Waals surface area (Å²) in [7, 11) is 2.13. The number of hydrogen-bond acceptors (Lipinski definition) is 9. The number of nitrogens with two attached hydrogens (primary N) is 1. The summed E-state index contributed by atoms with van der Waals surface area (Å²) < 4.78 is 6.02. The molecule has 9 nitrogen and oxygen atoms in total. The average molecular weight is 490 g/mol. The van der Waals surface area contributed by atoms with Crippen LogP contribution in [-0.4, -0.2) is 72.8 Å². The van der Waals surface area contributed by atoms with Crippen LogP contribution in [0.4, 0.5) is 5.82 Å². The minimum atomic E-state index is -0.517. The lowest BCUT2D eigenvalue weighted by Gasteiger charge is -2.32. The van der Waals surface area contributed by atoms with Gasteiger partial charge < -0.3 is 25.3 Å². The predicted molar refractivity (Wildman–Crippen MR) is 136 cm³/mol. The molecular formula is C25H27N7O2S. The Morgan fingerprint density at radius 2 is 1.94 bits per heavy atom. The molecule has 1 amide bonds. The maximum Gasteiger partial charge on any atom is 0.227 e. The first kappa shape index (κ1) is 24.6. The Kier molecular flexibility index (Phi) is 7.88. The van der Waals surface area contributed by atoms with Crippen molar-refractivity contribution in [2.24, 2.45) is 5.73 Å². The summed E-state index contributed by atoms with van der Waals surface area (Å²) >= 11 is 1.08. The van der Waals surface area contributed by atoms with Crippen molar-refractivity contribution in [3.8, 4) is 23.5 Å². The zero-order valence-electron chi connectivity index (χ0n) is 19.6. The van der Waals surface area contributed by atoms with Crippen molar-refractivity contribution in [2.45, 2.75) is 11.4 Å². The second-order valence-corrected chi connectivity index (χ2v) is 9.41. The zero-order chi connectivity index (χ0) is 24.8. The zero-order valence-corrected chi connectivity index (χ0v) is 20.4. The van der Waals surface area contributed by atoms with E-state index in [0.29, 0.717) is 34.3 Å². The normalized spacial score (nSPS) is 14.5. The third kappa shape index (κ3) is 5.75. The van der Waals surface area contributed by atoms with Crippen molar-refractivity contribution in [1.82, 2.24) is 14.8 Å². The number of fused-ring (bicyclic) bond motifs is 1. The number of anilines is 1. The number of thioether (sulfide) groups is 1. The number of piperazine rings is 1. The van der Waals surface area contributed by atoms with Gasteiger partial charge in [-0.25, -0.2) is 4.98 Å². The number of furan rings is 1. The molecule has 1 saturated heterocycles. The van der Waals surface area contributed by atoms with E-state index in [9.17, 15) is 15.3 Å². The quantitative estimate of drug-likeness (QED) is 0.343. The van der Waals surface area contributed by atoms with Crippen LogP contribution in [0.5, 0.6) is 0 Å². The number of nitrogens with one attached hydrogen (secondary N) is 1. The molecule has 0 saturated carbocycles. The average Bonchev–Trinajstić information content (AvgIpc) is 3.29. The molecular weight excluding hydrogens is 462 g/mol. The van der Waals surface area contributed by atoms with Gasteiger partial charge in [0.15, 0.2) is 0 Å². The lowest BCUT2D eigenvalue weighted by atomic mass is 10.0. The number of hydrogen-bond donors (Lipinski definition) is 2. The second kappa shape index (κ2) is 11.2. The molecule has 1 aromatic carbocycles. The van der Waals surface area contributed by atoms with Gasteiger partial charge >= 0.3 is 0 Å². The van der Waals surface area contributed by atoms with Crippen molar-refractivity contribution in [3.63, 3.8) is 0 Å². The van der Waals surface area contributed by atoms with Gasteiger partial charge in [0.25, 0.3) is 0 Å². The molecule has 180 valence electrons. The van der Waals surface area contributed by atoms with E-state index in [2.05, 4.69) is 39.3 Å². The van der Waals surface area contributed by atoms with Crippen LogP contribution in [0.1, 0.15) is 17.5 Å². The number of pyridine rings is 1. The largest absolute Gasteiger partial charge is 0.456 e. The second-order valence-electron chi connectivity index (χ2n) is 8.44. The lowest BCUT2D eigenvalue weighted by molar-refractivity contribution is -0.115. The number of amides is 1. The van der Waals surface area contributed by atoms with Crippen LogP contribution < -0.4 is 11.1 Å². The Bertz CT molecular complexity index is 1270. The molecule has 0 bridgehead atoms. The molecule has 1 aliphatic heterocycles. The van der Waals surface area contributed by atoms with E-state index < -0.39 is 5.91 Å². The highest BCUT2D eigenvalue weighted by Gasteiger charge is 2.24. The fraction of sp³-hybridized carbons (Fsp3) is 0.360. The van der Waals surface area contributed by atoms with E-state index in [1.54, 1.807) is 0 Å². The molecule has 0 aliphatic carbocycles. The molecule has 3 N–H and O–H groups in total. The van der Waals surface area contributed by atoms with Crippen molar-refractivity contribution in [3.05, 3.63) is 41.5 Å². The topological polar surface area (TPSA) is 135 Å². The first-order chi connectivity index (χ1) is 17.0. The molecule has 3 aromatic rings. The highest BCUT2D eigenvalue weighted by molar-refractivity contribution is 8.00. The summed E-state index contributed by atoms with van der Waals surface area (Å²) in [5.74, 6) is 0.225. The number of primary amides is 1. The molecule has 4 rings (SSSR count). The Morgan fingerprint density at radius 3 is 2.63 bits per heavy atom. The van der Waals surface area contributed by atoms with Gasteiger partial charge in [-0.2, -0.15) is 10.5 Å². The minimum Gasteiger partial charge on any atom is -0.456 e. The lowest BCUT2D eigenvalue weighted by Crippen LogP contribution is -2.44. The maximum atomic E-state index is 11.4. The van der Waals surface area contributed by atoms with Gasteiger partial charge in [0.05, 0.1) is 16.9 Å². The molecule has 35 heavy (non-hydrogen) atoms. The van der Waals surface area contributed by atoms with Crippen LogP contribution in [0.25, 0.3) is 22.3 Å². The molecule has 0 atom stereocenters. The van der Waals surface area contributed by atoms with Crippen molar-refractivity contribution < 1.29 is 9.21 Å². The van der Waals surface area contributed by atoms with Crippen LogP contribution >= 0.6 is 11.8 Å². The standard InChI is InChI=1S/C25H27N7O2S/c1-31-9-11-32(12-10-31)8-4-7-29-24-18(14-26)23(19(15-27)25(30-24)35-16-22(28)33)21-13-17-5-2-3-6-20(17)34-21/h2-3,5-6,13H,4,7-12,16H2,1H3,(H2,28,33)(H,29,30). The van der Waals surface area contributed by atoms with Crippen LogP contribution in [0, 0.1) is 22.7 Å². The van der Waals surface area contributed by atoms with E-state index in [0.717, 1.165) is 56.3 Å². The first-order valence-electron chi connectivity index (χ1n) is 11.4. The third-order valence-corrected chi connectivity index (χ3v) is 6.95. The van der Waals surface area contributed by atoms with Crippen molar-refractivity contribution in [2.75, 3.05) is 57.4 Å². The summed E-state index contributed by atoms with van der Waals surface area (Å²) in [5.41, 5.74) is 6.79. The fourth-order valence-corrected chi connectivity index (χ4v) is 4.81. The van der Waals surface area contributed by atoms with Crippen LogP contribution in [-0.2, 0) is 4.79 Å². The van der Waals surface area contributed by atoms with Crippen LogP contribution in [0.3, 0.4) is 0 Å². The Labute approximate surface area is 208 Å². The Morgan fingerprint density at radius 1 is 1.20 bits per heavy atom. The summed E-state index contributed by atoms with van der Waals surface area (Å²) in [6.45, 7) is 5.76. The number of benzene rings is 1. The summed E-state index contributed by atoms with van der Waals surface area (Å²) in [4.78, 5) is 20.7. The van der Waals surface area contributed by atoms with E-state index >= 15 is 0 Å². The number of carbonyl (C=O) groups is 1. The molecule has 3 heterocycles. The van der Waals surface area contributed by atoms with Crippen LogP contribution in [0.2, 0.25) is 0 Å². The smallest absolute Gasteiger partial charge is 0.227 e. The Balaban J connectivity index is 1.65. The highest BCUT2D eigenvalue weighted by Crippen LogP contribution is 2.38. The maximum absolute atomic E-state index is 11.4. The number of nitriles is 2. The number of carbonyl (C=O) groups excluding carboxylic acids is 1. The van der Waals surface area contributed by atoms with Gasteiger partial charge in [-0.15, -0.1) is 0 Å². The minimum absolute atomic E-state index is 0.0317. The van der Waals surface area contributed by atoms with E-state index in [1.807, 2.05) is 30.3 Å². The van der Waals surface area contributed by atoms with Gasteiger partial charge in [-0.05, 0) is 32.1 Å². The monoisotopic (exact) mass is 489 g/mol. The summed E-state index contributed by atoms with van der Waals surface area (Å²) in [6, 6.07) is 13.7. The summed E-state index contributed by atoms with van der Waals surface area (Å²) in [6.07, 6.45) is 0.875. The van der Waals surface area contributed by atoms with Gasteiger partial charge in [0, 0.05) is 38.1 Å². The SMILES string of the molecule is CN1CCN(CCCNc2nc(SCC(N)=O)c(C#N)c(-c3cc4ccccc4o3)c2C#N)CC1. The van der Waals surface area contributed by atoms with E-state index in [4.69, 9.17) is 10.2 Å². The Hall–Kier alpha value is -3.57. The number of nitrogens with zero attached hydrogens (tertiary/aromatic N) is 5. The molecule has 1 fully saturated rings. The number of rotatable bonds is 9. The number of aromatic nitrogens is 1.